The molecule has 0 saturated heterocycles. The molecule has 0 fully saturated rings. The summed E-state index contributed by atoms with van der Waals surface area (Å²) in [6, 6.07) is 58.8. The molecule has 0 N–H and O–H groups in total. The van der Waals surface area contributed by atoms with Gasteiger partial charge >= 0.3 is 0 Å². The van der Waals surface area contributed by atoms with Crippen LogP contribution in [0.2, 0.25) is 0 Å². The molecule has 3 heteroatoms. The molecule has 0 radical (unpaired) electrons. The summed E-state index contributed by atoms with van der Waals surface area (Å²) in [6.07, 6.45) is 7.74. The third-order valence-corrected chi connectivity index (χ3v) is 11.3. The molecule has 10 aromatic rings. The van der Waals surface area contributed by atoms with Crippen molar-refractivity contribution in [2.45, 2.75) is 13.3 Å². The summed E-state index contributed by atoms with van der Waals surface area (Å²) >= 11 is 0. The lowest BCUT2D eigenvalue weighted by Crippen LogP contribution is -1.99. The minimum absolute atomic E-state index is 0.501. The van der Waals surface area contributed by atoms with Crippen LogP contribution < -0.4 is 0 Å². The molecule has 0 saturated carbocycles. The Kier molecular flexibility index (Phi) is 7.21. The van der Waals surface area contributed by atoms with Crippen molar-refractivity contribution in [1.82, 2.24) is 9.55 Å². The molecular formula is C52H36N2O. The number of para-hydroxylation sites is 2. The zero-order valence-corrected chi connectivity index (χ0v) is 30.4. The van der Waals surface area contributed by atoms with Crippen molar-refractivity contribution in [2.75, 3.05) is 0 Å². The Balaban J connectivity index is 1.12. The lowest BCUT2D eigenvalue weighted by Gasteiger charge is -2.17. The van der Waals surface area contributed by atoms with Gasteiger partial charge in [-0.05, 0) is 88.2 Å². The van der Waals surface area contributed by atoms with Crippen LogP contribution in [0.1, 0.15) is 18.9 Å². The molecule has 0 spiro atoms. The summed E-state index contributed by atoms with van der Waals surface area (Å²) in [4.78, 5) is 5.18. The first-order chi connectivity index (χ1) is 27.2. The zero-order chi connectivity index (χ0) is 36.5. The Morgan fingerprint density at radius 2 is 1.18 bits per heavy atom. The minimum Gasteiger partial charge on any atom is -0.454 e. The van der Waals surface area contributed by atoms with Crippen molar-refractivity contribution in [2.24, 2.45) is 5.92 Å². The molecule has 0 aliphatic heterocycles. The molecule has 3 aromatic heterocycles. The maximum atomic E-state index is 6.98. The molecular weight excluding hydrogens is 669 g/mol. The molecule has 7 aromatic carbocycles. The summed E-state index contributed by atoms with van der Waals surface area (Å²) in [5, 5.41) is 5.78. The summed E-state index contributed by atoms with van der Waals surface area (Å²) < 4.78 is 9.38. The summed E-state index contributed by atoms with van der Waals surface area (Å²) in [5.41, 5.74) is 15.3. The summed E-state index contributed by atoms with van der Waals surface area (Å²) in [5.74, 6) is 0.501. The van der Waals surface area contributed by atoms with Gasteiger partial charge in [-0.3, -0.25) is 0 Å². The van der Waals surface area contributed by atoms with E-state index >= 15 is 0 Å². The number of pyridine rings is 1. The largest absolute Gasteiger partial charge is 0.454 e. The monoisotopic (exact) mass is 704 g/mol. The first-order valence-corrected chi connectivity index (χ1v) is 19.1. The highest BCUT2D eigenvalue weighted by Gasteiger charge is 2.20. The average Bonchev–Trinajstić information content (AvgIpc) is 3.78. The number of allylic oxidation sites excluding steroid dienone is 4. The van der Waals surface area contributed by atoms with Gasteiger partial charge in [-0.2, -0.15) is 0 Å². The molecule has 1 unspecified atom stereocenters. The standard InChI is InChI=1S/C52H36N2O/c1-33-12-10-17-38(28-33)45-32-47(53-46-20-9-8-18-40(45)46)39-24-27-43-44-19-11-21-48(52(44)55-51(43)31-39)54-49-29-36(34-13-4-2-5-14-34)22-25-41(49)42-26-23-37(30-50(42)54)35-15-6-3-7-16-35/h2-27,29-33H,28H2,1H3. The summed E-state index contributed by atoms with van der Waals surface area (Å²) in [7, 11) is 0. The fourth-order valence-corrected chi connectivity index (χ4v) is 8.65. The molecule has 1 aliphatic rings. The normalized spacial score (nSPS) is 14.4. The van der Waals surface area contributed by atoms with Crippen LogP contribution in [0.25, 0.3) is 99.4 Å². The molecule has 55 heavy (non-hydrogen) atoms. The molecule has 0 bridgehead atoms. The maximum absolute atomic E-state index is 6.98. The molecule has 3 heterocycles. The van der Waals surface area contributed by atoms with E-state index in [4.69, 9.17) is 9.40 Å². The molecule has 260 valence electrons. The number of hydrogen-bond donors (Lipinski definition) is 0. The first-order valence-electron chi connectivity index (χ1n) is 19.1. The summed E-state index contributed by atoms with van der Waals surface area (Å²) in [6.45, 7) is 2.28. The van der Waals surface area contributed by atoms with E-state index in [0.29, 0.717) is 5.92 Å². The Labute approximate surface area is 319 Å². The Hall–Kier alpha value is -6.97. The van der Waals surface area contributed by atoms with Crippen LogP contribution in [0.3, 0.4) is 0 Å². The number of aromatic nitrogens is 2. The lowest BCUT2D eigenvalue weighted by atomic mass is 9.88. The molecule has 0 amide bonds. The van der Waals surface area contributed by atoms with Crippen LogP contribution in [0.4, 0.5) is 0 Å². The van der Waals surface area contributed by atoms with Crippen molar-refractivity contribution in [3.63, 3.8) is 0 Å². The van der Waals surface area contributed by atoms with Gasteiger partial charge in [0.2, 0.25) is 0 Å². The predicted molar refractivity (Wildman–Crippen MR) is 231 cm³/mol. The lowest BCUT2D eigenvalue weighted by molar-refractivity contribution is 0.666. The fourth-order valence-electron chi connectivity index (χ4n) is 8.65. The van der Waals surface area contributed by atoms with E-state index in [0.717, 1.165) is 61.9 Å². The van der Waals surface area contributed by atoms with E-state index in [1.54, 1.807) is 0 Å². The van der Waals surface area contributed by atoms with Gasteiger partial charge in [0.05, 0.1) is 27.9 Å². The number of fused-ring (bicyclic) bond motifs is 7. The van der Waals surface area contributed by atoms with E-state index < -0.39 is 0 Å². The Morgan fingerprint density at radius 1 is 0.545 bits per heavy atom. The van der Waals surface area contributed by atoms with E-state index in [1.165, 1.54) is 49.5 Å². The molecule has 1 atom stereocenters. The molecule has 1 aliphatic carbocycles. The number of hydrogen-bond acceptors (Lipinski definition) is 2. The van der Waals surface area contributed by atoms with E-state index in [2.05, 4.69) is 194 Å². The van der Waals surface area contributed by atoms with Gasteiger partial charge in [0.1, 0.15) is 5.58 Å². The maximum Gasteiger partial charge on any atom is 0.159 e. The molecule has 3 nitrogen and oxygen atoms in total. The van der Waals surface area contributed by atoms with Crippen LogP contribution >= 0.6 is 0 Å². The minimum atomic E-state index is 0.501. The van der Waals surface area contributed by atoms with E-state index in [-0.39, 0.29) is 0 Å². The first kappa shape index (κ1) is 31.5. The second kappa shape index (κ2) is 12.6. The highest BCUT2D eigenvalue weighted by molar-refractivity contribution is 6.14. The van der Waals surface area contributed by atoms with Crippen LogP contribution in [-0.2, 0) is 0 Å². The third kappa shape index (κ3) is 5.23. The van der Waals surface area contributed by atoms with Crippen molar-refractivity contribution < 1.29 is 4.42 Å². The number of benzene rings is 7. The van der Waals surface area contributed by atoms with E-state index in [1.807, 2.05) is 0 Å². The Bertz CT molecular complexity index is 3080. The van der Waals surface area contributed by atoms with Gasteiger partial charge in [0.25, 0.3) is 0 Å². The highest BCUT2D eigenvalue weighted by atomic mass is 16.3. The second-order valence-electron chi connectivity index (χ2n) is 14.8. The van der Waals surface area contributed by atoms with Crippen molar-refractivity contribution in [3.05, 3.63) is 188 Å². The average molecular weight is 705 g/mol. The van der Waals surface area contributed by atoms with Gasteiger partial charge in [-0.25, -0.2) is 4.98 Å². The van der Waals surface area contributed by atoms with Crippen LogP contribution in [0.15, 0.2) is 186 Å². The van der Waals surface area contributed by atoms with Gasteiger partial charge in [0, 0.05) is 32.5 Å². The van der Waals surface area contributed by atoms with Gasteiger partial charge < -0.3 is 8.98 Å². The fraction of sp³-hybridized carbons (Fsp3) is 0.0577. The third-order valence-electron chi connectivity index (χ3n) is 11.3. The van der Waals surface area contributed by atoms with Crippen LogP contribution in [-0.4, -0.2) is 9.55 Å². The second-order valence-corrected chi connectivity index (χ2v) is 14.8. The van der Waals surface area contributed by atoms with Crippen LogP contribution in [0.5, 0.6) is 0 Å². The number of rotatable bonds is 5. The van der Waals surface area contributed by atoms with Crippen molar-refractivity contribution >= 4 is 60.2 Å². The van der Waals surface area contributed by atoms with Crippen molar-refractivity contribution in [3.8, 4) is 39.2 Å². The zero-order valence-electron chi connectivity index (χ0n) is 30.4. The highest BCUT2D eigenvalue weighted by Crippen LogP contribution is 2.42. The van der Waals surface area contributed by atoms with Crippen molar-refractivity contribution in [1.29, 1.82) is 0 Å². The van der Waals surface area contributed by atoms with Gasteiger partial charge in [-0.15, -0.1) is 0 Å². The molecule has 11 rings (SSSR count). The van der Waals surface area contributed by atoms with E-state index in [9.17, 15) is 0 Å². The number of nitrogens with zero attached hydrogens (tertiary/aromatic N) is 2. The smallest absolute Gasteiger partial charge is 0.159 e. The van der Waals surface area contributed by atoms with Gasteiger partial charge in [0.15, 0.2) is 5.58 Å². The SMILES string of the molecule is CC1C=CC=C(c2cc(-c3ccc4c(c3)oc3c(-n5c6cc(-c7ccccc7)ccc6c6ccc(-c7ccccc7)cc65)cccc34)nc3ccccc23)C1. The van der Waals surface area contributed by atoms with Crippen LogP contribution in [0, 0.1) is 5.92 Å². The van der Waals surface area contributed by atoms with Gasteiger partial charge in [-0.1, -0.05) is 146 Å². The number of furan rings is 1. The topological polar surface area (TPSA) is 31.0 Å². The predicted octanol–water partition coefficient (Wildman–Crippen LogP) is 14.2. The Morgan fingerprint density at radius 3 is 1.89 bits per heavy atom. The quantitative estimate of drug-likeness (QED) is 0.179.